The van der Waals surface area contributed by atoms with Gasteiger partial charge in [0.15, 0.2) is 0 Å². The van der Waals surface area contributed by atoms with Gasteiger partial charge in [0, 0.05) is 19.0 Å². The normalized spacial score (nSPS) is 14.3. The summed E-state index contributed by atoms with van der Waals surface area (Å²) in [5.41, 5.74) is 6.12. The Labute approximate surface area is 187 Å². The van der Waals surface area contributed by atoms with Crippen LogP contribution in [-0.2, 0) is 11.3 Å². The Bertz CT molecular complexity index is 1040. The van der Waals surface area contributed by atoms with Gasteiger partial charge in [-0.15, -0.1) is 0 Å². The van der Waals surface area contributed by atoms with Crippen molar-refractivity contribution < 1.29 is 19.7 Å². The van der Waals surface area contributed by atoms with Crippen molar-refractivity contribution in [2.75, 3.05) is 20.2 Å². The maximum atomic E-state index is 12.3. The molecule has 32 heavy (non-hydrogen) atoms. The third kappa shape index (κ3) is 4.53. The topological polar surface area (TPSA) is 90.8 Å². The van der Waals surface area contributed by atoms with E-state index in [9.17, 15) is 15.0 Å². The minimum atomic E-state index is -1.16. The molecule has 0 spiro atoms. The molecule has 6 heteroatoms. The predicted octanol–water partition coefficient (Wildman–Crippen LogP) is 3.34. The number of ether oxygens (including phenoxy) is 1. The monoisotopic (exact) mass is 432 g/mol. The standard InChI is InChI=1S/C26H28N2O4/c1-27-14-17-8-2-3-9-18(17)25(30)24(29)15-28-26(31)32-16-23-21-12-6-4-10-19(21)20-11-5-7-13-22(20)23/h2-13,23-25,27,29-30H,14-16H2,1H3,(H,28,31). The second kappa shape index (κ2) is 9.96. The van der Waals surface area contributed by atoms with E-state index in [1.54, 1.807) is 6.07 Å². The van der Waals surface area contributed by atoms with Crippen molar-refractivity contribution in [2.24, 2.45) is 0 Å². The zero-order valence-electron chi connectivity index (χ0n) is 18.0. The SMILES string of the molecule is CNCc1ccccc1C(O)C(O)CNC(=O)OCC1c2ccccc2-c2ccccc21. The van der Waals surface area contributed by atoms with E-state index in [1.807, 2.05) is 49.5 Å². The first-order valence-corrected chi connectivity index (χ1v) is 10.8. The first-order chi connectivity index (χ1) is 15.6. The zero-order chi connectivity index (χ0) is 22.5. The molecule has 1 aliphatic carbocycles. The van der Waals surface area contributed by atoms with Crippen molar-refractivity contribution in [3.8, 4) is 11.1 Å². The number of alkyl carbamates (subject to hydrolysis) is 1. The van der Waals surface area contributed by atoms with Crippen LogP contribution in [0.5, 0.6) is 0 Å². The second-order valence-electron chi connectivity index (χ2n) is 7.95. The second-order valence-corrected chi connectivity index (χ2v) is 7.95. The maximum Gasteiger partial charge on any atom is 0.407 e. The summed E-state index contributed by atoms with van der Waals surface area (Å²) >= 11 is 0. The van der Waals surface area contributed by atoms with E-state index in [-0.39, 0.29) is 19.1 Å². The number of fused-ring (bicyclic) bond motifs is 3. The molecule has 0 heterocycles. The van der Waals surface area contributed by atoms with Crippen molar-refractivity contribution in [2.45, 2.75) is 24.7 Å². The lowest BCUT2D eigenvalue weighted by atomic mass is 9.98. The molecule has 0 aromatic heterocycles. The van der Waals surface area contributed by atoms with Crippen molar-refractivity contribution in [3.05, 3.63) is 95.1 Å². The molecular formula is C26H28N2O4. The summed E-state index contributed by atoms with van der Waals surface area (Å²) in [6.07, 6.45) is -2.90. The highest BCUT2D eigenvalue weighted by molar-refractivity contribution is 5.79. The molecule has 1 amide bonds. The Hall–Kier alpha value is -3.19. The van der Waals surface area contributed by atoms with E-state index in [1.165, 1.54) is 0 Å². The number of benzene rings is 3. The third-order valence-corrected chi connectivity index (χ3v) is 5.90. The summed E-state index contributed by atoms with van der Waals surface area (Å²) in [5.74, 6) is -0.0305. The zero-order valence-corrected chi connectivity index (χ0v) is 18.0. The molecule has 4 N–H and O–H groups in total. The smallest absolute Gasteiger partial charge is 0.407 e. The average Bonchev–Trinajstić information content (AvgIpc) is 3.15. The molecule has 3 aromatic carbocycles. The van der Waals surface area contributed by atoms with Crippen LogP contribution in [0, 0.1) is 0 Å². The Morgan fingerprint density at radius 2 is 1.53 bits per heavy atom. The molecule has 4 rings (SSSR count). The fourth-order valence-electron chi connectivity index (χ4n) is 4.33. The minimum Gasteiger partial charge on any atom is -0.449 e. The van der Waals surface area contributed by atoms with Crippen LogP contribution in [0.3, 0.4) is 0 Å². The molecule has 2 atom stereocenters. The van der Waals surface area contributed by atoms with E-state index >= 15 is 0 Å². The lowest BCUT2D eigenvalue weighted by molar-refractivity contribution is 0.0180. The summed E-state index contributed by atoms with van der Waals surface area (Å²) in [6, 6.07) is 23.6. The lowest BCUT2D eigenvalue weighted by Gasteiger charge is -2.21. The first kappa shape index (κ1) is 22.0. The highest BCUT2D eigenvalue weighted by Gasteiger charge is 2.29. The fourth-order valence-corrected chi connectivity index (χ4v) is 4.33. The summed E-state index contributed by atoms with van der Waals surface area (Å²) < 4.78 is 5.49. The highest BCUT2D eigenvalue weighted by atomic mass is 16.5. The van der Waals surface area contributed by atoms with Gasteiger partial charge in [-0.05, 0) is 40.4 Å². The molecule has 0 bridgehead atoms. The predicted molar refractivity (Wildman–Crippen MR) is 123 cm³/mol. The largest absolute Gasteiger partial charge is 0.449 e. The maximum absolute atomic E-state index is 12.3. The van der Waals surface area contributed by atoms with Gasteiger partial charge in [-0.1, -0.05) is 72.8 Å². The van der Waals surface area contributed by atoms with Crippen LogP contribution in [0.1, 0.15) is 34.3 Å². The van der Waals surface area contributed by atoms with Gasteiger partial charge in [-0.3, -0.25) is 0 Å². The summed E-state index contributed by atoms with van der Waals surface area (Å²) in [4.78, 5) is 12.3. The van der Waals surface area contributed by atoms with Crippen molar-refractivity contribution in [1.29, 1.82) is 0 Å². The van der Waals surface area contributed by atoms with E-state index in [2.05, 4.69) is 34.9 Å². The number of carbonyl (C=O) groups is 1. The molecule has 0 saturated carbocycles. The van der Waals surface area contributed by atoms with Gasteiger partial charge in [0.1, 0.15) is 18.8 Å². The van der Waals surface area contributed by atoms with Crippen LogP contribution >= 0.6 is 0 Å². The number of amides is 1. The van der Waals surface area contributed by atoms with E-state index in [4.69, 9.17) is 4.74 Å². The van der Waals surface area contributed by atoms with E-state index in [0.717, 1.165) is 27.8 Å². The molecule has 0 radical (unpaired) electrons. The van der Waals surface area contributed by atoms with E-state index in [0.29, 0.717) is 12.1 Å². The minimum absolute atomic E-state index is 0.0305. The molecule has 166 valence electrons. The van der Waals surface area contributed by atoms with Gasteiger partial charge < -0.3 is 25.6 Å². The molecule has 2 unspecified atom stereocenters. The summed E-state index contributed by atoms with van der Waals surface area (Å²) in [6.45, 7) is 0.648. The number of carbonyl (C=O) groups excluding carboxylic acids is 1. The molecule has 3 aromatic rings. The van der Waals surface area contributed by atoms with Crippen molar-refractivity contribution in [1.82, 2.24) is 10.6 Å². The average molecular weight is 433 g/mol. The molecule has 0 saturated heterocycles. The number of aliphatic hydroxyl groups excluding tert-OH is 2. The van der Waals surface area contributed by atoms with Crippen LogP contribution < -0.4 is 10.6 Å². The fraction of sp³-hybridized carbons (Fsp3) is 0.269. The van der Waals surface area contributed by atoms with E-state index < -0.39 is 18.3 Å². The van der Waals surface area contributed by atoms with Gasteiger partial charge in [0.25, 0.3) is 0 Å². The molecule has 6 nitrogen and oxygen atoms in total. The number of hydrogen-bond donors (Lipinski definition) is 4. The molecule has 0 fully saturated rings. The van der Waals surface area contributed by atoms with Gasteiger partial charge in [0.05, 0.1) is 0 Å². The summed E-state index contributed by atoms with van der Waals surface area (Å²) in [5, 5.41) is 26.6. The molecule has 1 aliphatic rings. The van der Waals surface area contributed by atoms with Crippen LogP contribution in [0.25, 0.3) is 11.1 Å². The highest BCUT2D eigenvalue weighted by Crippen LogP contribution is 2.44. The van der Waals surface area contributed by atoms with Crippen LogP contribution in [0.4, 0.5) is 4.79 Å². The first-order valence-electron chi connectivity index (χ1n) is 10.8. The number of aliphatic hydroxyl groups is 2. The van der Waals surface area contributed by atoms with Gasteiger partial charge in [-0.2, -0.15) is 0 Å². The van der Waals surface area contributed by atoms with Gasteiger partial charge >= 0.3 is 6.09 Å². The van der Waals surface area contributed by atoms with Crippen LogP contribution in [-0.4, -0.2) is 42.6 Å². The quantitative estimate of drug-likeness (QED) is 0.438. The Morgan fingerprint density at radius 3 is 2.19 bits per heavy atom. The lowest BCUT2D eigenvalue weighted by Crippen LogP contribution is -2.36. The van der Waals surface area contributed by atoms with Crippen LogP contribution in [0.2, 0.25) is 0 Å². The molecule has 0 aliphatic heterocycles. The van der Waals surface area contributed by atoms with Crippen LogP contribution in [0.15, 0.2) is 72.8 Å². The third-order valence-electron chi connectivity index (χ3n) is 5.90. The van der Waals surface area contributed by atoms with Crippen molar-refractivity contribution >= 4 is 6.09 Å². The summed E-state index contributed by atoms with van der Waals surface area (Å²) in [7, 11) is 1.82. The Morgan fingerprint density at radius 1 is 0.938 bits per heavy atom. The number of hydrogen-bond acceptors (Lipinski definition) is 5. The van der Waals surface area contributed by atoms with Gasteiger partial charge in [-0.25, -0.2) is 4.79 Å². The van der Waals surface area contributed by atoms with Gasteiger partial charge in [0.2, 0.25) is 0 Å². The van der Waals surface area contributed by atoms with Crippen molar-refractivity contribution in [3.63, 3.8) is 0 Å². The number of rotatable bonds is 8. The number of nitrogens with one attached hydrogen (secondary N) is 2. The Balaban J connectivity index is 1.34. The molecular weight excluding hydrogens is 404 g/mol. The Kier molecular flexibility index (Phi) is 6.85.